The Kier molecular flexibility index (Phi) is 6.76. The highest BCUT2D eigenvalue weighted by molar-refractivity contribution is 5.47. The maximum atomic E-state index is 8.33. The molecule has 0 saturated heterocycles. The number of carbonyl (C=O) groups is 1. The summed E-state index contributed by atoms with van der Waals surface area (Å²) >= 11 is 0. The van der Waals surface area contributed by atoms with Crippen LogP contribution in [0.2, 0.25) is 0 Å². The van der Waals surface area contributed by atoms with Gasteiger partial charge in [-0.25, -0.2) is 0 Å². The zero-order valence-electron chi connectivity index (χ0n) is 10.3. The third kappa shape index (κ3) is 7.57. The van der Waals surface area contributed by atoms with Gasteiger partial charge in [-0.3, -0.25) is 0 Å². The van der Waals surface area contributed by atoms with Crippen LogP contribution < -0.4 is 10.2 Å². The van der Waals surface area contributed by atoms with Gasteiger partial charge in [0.05, 0.1) is 13.2 Å². The van der Waals surface area contributed by atoms with Crippen molar-refractivity contribution in [1.82, 2.24) is 0 Å². The van der Waals surface area contributed by atoms with Gasteiger partial charge in [0.15, 0.2) is 0 Å². The third-order valence-corrected chi connectivity index (χ3v) is 2.22. The summed E-state index contributed by atoms with van der Waals surface area (Å²) in [4.78, 5) is 8.33. The quantitative estimate of drug-likeness (QED) is 0.818. The van der Waals surface area contributed by atoms with Crippen molar-refractivity contribution in [2.24, 2.45) is 0 Å². The van der Waals surface area contributed by atoms with Crippen LogP contribution in [0.5, 0.6) is 0 Å². The van der Waals surface area contributed by atoms with E-state index in [1.54, 1.807) is 0 Å². The van der Waals surface area contributed by atoms with E-state index >= 15 is 0 Å². The fourth-order valence-corrected chi connectivity index (χ4v) is 1.44. The highest BCUT2D eigenvalue weighted by Gasteiger charge is 1.93. The van der Waals surface area contributed by atoms with Crippen LogP contribution in [0.25, 0.3) is 0 Å². The highest BCUT2D eigenvalue weighted by atomic mass is 16.6. The smallest absolute Gasteiger partial charge is 0.0721 e. The van der Waals surface area contributed by atoms with Gasteiger partial charge in [-0.15, -0.1) is 0 Å². The molecule has 0 aromatic heterocycles. The van der Waals surface area contributed by atoms with Gasteiger partial charge in [0.1, 0.15) is 0 Å². The number of benzene rings is 2. The molecule has 0 unspecified atom stereocenters. The molecule has 0 aliphatic heterocycles. The fourth-order valence-electron chi connectivity index (χ4n) is 1.44. The first-order valence-corrected chi connectivity index (χ1v) is 5.72. The van der Waals surface area contributed by atoms with E-state index in [1.807, 2.05) is 36.4 Å². The van der Waals surface area contributed by atoms with Gasteiger partial charge in [0.25, 0.3) is 0 Å². The summed E-state index contributed by atoms with van der Waals surface area (Å²) in [5, 5.41) is 16.7. The lowest BCUT2D eigenvalue weighted by atomic mass is 10.2. The van der Waals surface area contributed by atoms with Crippen molar-refractivity contribution >= 4 is 6.16 Å². The zero-order valence-corrected chi connectivity index (χ0v) is 10.3. The summed E-state index contributed by atoms with van der Waals surface area (Å²) in [5.41, 5.74) is 2.43. The van der Waals surface area contributed by atoms with Gasteiger partial charge in [-0.2, -0.15) is 0 Å². The molecule has 0 aliphatic carbocycles. The zero-order chi connectivity index (χ0) is 13.9. The molecule has 0 bridgehead atoms. The number of hydrogen-bond acceptors (Lipinski definition) is 4. The molecule has 2 aromatic rings. The average molecular weight is 258 g/mol. The first-order valence-electron chi connectivity index (χ1n) is 5.72. The third-order valence-electron chi connectivity index (χ3n) is 2.22. The molecule has 0 radical (unpaired) electrons. The van der Waals surface area contributed by atoms with Gasteiger partial charge in [0.2, 0.25) is 0 Å². The van der Waals surface area contributed by atoms with Crippen molar-refractivity contribution in [2.75, 3.05) is 0 Å². The van der Waals surface area contributed by atoms with Crippen molar-refractivity contribution in [3.63, 3.8) is 0 Å². The molecule has 0 fully saturated rings. The van der Waals surface area contributed by atoms with Crippen molar-refractivity contribution in [2.45, 2.75) is 13.2 Å². The van der Waals surface area contributed by atoms with Crippen LogP contribution in [0.15, 0.2) is 60.7 Å². The summed E-state index contributed by atoms with van der Waals surface area (Å²) < 4.78 is 5.61. The number of carboxylic acid groups (broad SMARTS) is 2. The molecular weight excluding hydrogens is 244 g/mol. The van der Waals surface area contributed by atoms with Gasteiger partial charge < -0.3 is 19.7 Å². The summed E-state index contributed by atoms with van der Waals surface area (Å²) in [6, 6.07) is 20.4. The molecule has 4 heteroatoms. The van der Waals surface area contributed by atoms with Crippen LogP contribution in [0.3, 0.4) is 0 Å². The normalized spacial score (nSPS) is 9.26. The van der Waals surface area contributed by atoms with Crippen molar-refractivity contribution in [1.29, 1.82) is 0 Å². The molecule has 0 saturated carbocycles. The van der Waals surface area contributed by atoms with Crippen molar-refractivity contribution in [3.8, 4) is 0 Å². The van der Waals surface area contributed by atoms with E-state index in [2.05, 4.69) is 24.3 Å². The Morgan fingerprint density at radius 2 is 1.11 bits per heavy atom. The molecule has 19 heavy (non-hydrogen) atoms. The van der Waals surface area contributed by atoms with Gasteiger partial charge in [-0.1, -0.05) is 60.7 Å². The summed E-state index contributed by atoms with van der Waals surface area (Å²) in [6.45, 7) is 1.35. The second-order valence-electron chi connectivity index (χ2n) is 3.71. The van der Waals surface area contributed by atoms with Crippen molar-refractivity contribution in [3.05, 3.63) is 71.8 Å². The molecule has 0 spiro atoms. The molecule has 0 amide bonds. The molecule has 100 valence electrons. The molecule has 0 heterocycles. The minimum absolute atomic E-state index is 0.676. The molecule has 2 aromatic carbocycles. The Morgan fingerprint density at radius 3 is 1.42 bits per heavy atom. The van der Waals surface area contributed by atoms with Crippen LogP contribution in [0, 0.1) is 0 Å². The van der Waals surface area contributed by atoms with Gasteiger partial charge >= 0.3 is 0 Å². The summed E-state index contributed by atoms with van der Waals surface area (Å²) in [6.07, 6.45) is -2.33. The Labute approximate surface area is 111 Å². The second kappa shape index (κ2) is 8.72. The predicted molar refractivity (Wildman–Crippen MR) is 66.8 cm³/mol. The Morgan fingerprint density at radius 1 is 0.789 bits per heavy atom. The van der Waals surface area contributed by atoms with E-state index in [-0.39, 0.29) is 0 Å². The number of hydrogen-bond donors (Lipinski definition) is 0. The highest BCUT2D eigenvalue weighted by Crippen LogP contribution is 2.05. The average Bonchev–Trinajstić information content (AvgIpc) is 2.41. The van der Waals surface area contributed by atoms with E-state index in [4.69, 9.17) is 19.7 Å². The standard InChI is InChI=1S/C14H14O.CH2O3/c1-3-7-13(8-4-1)11-15-12-14-9-5-2-6-10-14;2-1(3)4/h1-10H,11-12H2;(H2,2,3,4)/p-2. The van der Waals surface area contributed by atoms with E-state index in [0.29, 0.717) is 13.2 Å². The Hall–Kier alpha value is -2.33. The SMILES string of the molecule is O=C([O-])[O-].c1ccc(COCc2ccccc2)cc1. The van der Waals surface area contributed by atoms with Crippen LogP contribution in [-0.4, -0.2) is 6.16 Å². The predicted octanol–water partition coefficient (Wildman–Crippen LogP) is 0.956. The molecule has 0 atom stereocenters. The van der Waals surface area contributed by atoms with E-state index in [9.17, 15) is 0 Å². The van der Waals surface area contributed by atoms with E-state index in [0.717, 1.165) is 0 Å². The minimum atomic E-state index is -2.33. The Balaban J connectivity index is 0.000000399. The van der Waals surface area contributed by atoms with Gasteiger partial charge in [-0.05, 0) is 17.3 Å². The molecule has 0 aliphatic rings. The molecule has 2 rings (SSSR count). The van der Waals surface area contributed by atoms with Crippen LogP contribution >= 0.6 is 0 Å². The van der Waals surface area contributed by atoms with Crippen LogP contribution in [0.1, 0.15) is 11.1 Å². The molecule has 4 nitrogen and oxygen atoms in total. The summed E-state index contributed by atoms with van der Waals surface area (Å²) in [5.74, 6) is 0. The monoisotopic (exact) mass is 258 g/mol. The maximum Gasteiger partial charge on any atom is 0.0721 e. The lowest BCUT2D eigenvalue weighted by molar-refractivity contribution is -0.415. The molecular formula is C15H14O4-2. The summed E-state index contributed by atoms with van der Waals surface area (Å²) in [7, 11) is 0. The lowest BCUT2D eigenvalue weighted by Gasteiger charge is -2.03. The van der Waals surface area contributed by atoms with Crippen molar-refractivity contribution < 1.29 is 19.7 Å². The fraction of sp³-hybridized carbons (Fsp3) is 0.133. The van der Waals surface area contributed by atoms with Crippen LogP contribution in [-0.2, 0) is 18.0 Å². The van der Waals surface area contributed by atoms with E-state index in [1.165, 1.54) is 11.1 Å². The van der Waals surface area contributed by atoms with Gasteiger partial charge in [0, 0.05) is 0 Å². The first kappa shape index (κ1) is 14.7. The molecule has 0 N–H and O–H groups in total. The first-order chi connectivity index (χ1) is 9.18. The van der Waals surface area contributed by atoms with E-state index < -0.39 is 6.16 Å². The Bertz CT molecular complexity index is 425. The maximum absolute atomic E-state index is 8.33. The topological polar surface area (TPSA) is 72.4 Å². The second-order valence-corrected chi connectivity index (χ2v) is 3.71. The number of ether oxygens (including phenoxy) is 1. The number of carbonyl (C=O) groups excluding carboxylic acids is 1. The largest absolute Gasteiger partial charge is 0.652 e. The number of rotatable bonds is 4. The van der Waals surface area contributed by atoms with Crippen LogP contribution in [0.4, 0.5) is 4.79 Å². The minimum Gasteiger partial charge on any atom is -0.652 e. The lowest BCUT2D eigenvalue weighted by Crippen LogP contribution is -2.37.